The van der Waals surface area contributed by atoms with Crippen LogP contribution in [0.2, 0.25) is 0 Å². The van der Waals surface area contributed by atoms with E-state index < -0.39 is 4.92 Å². The normalized spacial score (nSPS) is 13.4. The van der Waals surface area contributed by atoms with Crippen molar-refractivity contribution >= 4 is 23.9 Å². The maximum Gasteiger partial charge on any atom is 0.269 e. The first-order valence-corrected chi connectivity index (χ1v) is 4.97. The van der Waals surface area contributed by atoms with Crippen LogP contribution in [0.4, 0.5) is 5.69 Å². The van der Waals surface area contributed by atoms with Crippen LogP contribution in [0.5, 0.6) is 0 Å². The molecule has 0 fully saturated rings. The molecule has 0 saturated carbocycles. The number of hydrogen-bond acceptors (Lipinski definition) is 4. The highest BCUT2D eigenvalue weighted by Gasteiger charge is 2.19. The fourth-order valence-corrected chi connectivity index (χ4v) is 1.25. The average Bonchev–Trinajstić information content (AvgIpc) is 2.27. The zero-order chi connectivity index (χ0) is 12.3. The first-order valence-electron chi connectivity index (χ1n) is 4.97. The fourth-order valence-electron chi connectivity index (χ4n) is 1.25. The Morgan fingerprint density at radius 2 is 1.76 bits per heavy atom. The first kappa shape index (κ1) is 15.5. The summed E-state index contributed by atoms with van der Waals surface area (Å²) >= 11 is 0. The Kier molecular flexibility index (Phi) is 5.78. The van der Waals surface area contributed by atoms with Gasteiger partial charge in [-0.15, -0.1) is 12.4 Å². The Morgan fingerprint density at radius 3 is 2.12 bits per heavy atom. The van der Waals surface area contributed by atoms with Gasteiger partial charge in [-0.3, -0.25) is 14.9 Å². The van der Waals surface area contributed by atoms with Crippen LogP contribution in [0, 0.1) is 16.0 Å². The molecular weight excluding hydrogens is 244 g/mol. The van der Waals surface area contributed by atoms with Crippen LogP contribution in [-0.2, 0) is 0 Å². The molecule has 0 aliphatic rings. The molecule has 0 bridgehead atoms. The molecule has 0 heterocycles. The molecule has 1 aromatic carbocycles. The monoisotopic (exact) mass is 258 g/mol. The number of non-ortho nitro benzene ring substituents is 1. The molecule has 2 N–H and O–H groups in total. The minimum Gasteiger partial charge on any atom is -0.327 e. The van der Waals surface area contributed by atoms with Crippen molar-refractivity contribution in [2.75, 3.05) is 0 Å². The third-order valence-electron chi connectivity index (χ3n) is 2.56. The summed E-state index contributed by atoms with van der Waals surface area (Å²) in [6.45, 7) is 3.50. The van der Waals surface area contributed by atoms with Crippen LogP contribution in [0.25, 0.3) is 0 Å². The van der Waals surface area contributed by atoms with E-state index in [9.17, 15) is 14.9 Å². The maximum absolute atomic E-state index is 11.8. The highest BCUT2D eigenvalue weighted by molar-refractivity contribution is 5.98. The summed E-state index contributed by atoms with van der Waals surface area (Å²) in [7, 11) is 0. The van der Waals surface area contributed by atoms with E-state index >= 15 is 0 Å². The number of rotatable bonds is 4. The smallest absolute Gasteiger partial charge is 0.269 e. The van der Waals surface area contributed by atoms with Crippen molar-refractivity contribution in [2.24, 2.45) is 11.7 Å². The summed E-state index contributed by atoms with van der Waals surface area (Å²) < 4.78 is 0. The van der Waals surface area contributed by atoms with Gasteiger partial charge in [0.15, 0.2) is 5.78 Å². The zero-order valence-corrected chi connectivity index (χ0v) is 10.4. The molecule has 94 valence electrons. The molecule has 0 spiro atoms. The van der Waals surface area contributed by atoms with Crippen LogP contribution in [-0.4, -0.2) is 16.7 Å². The number of nitro groups is 1. The Balaban J connectivity index is 0.00000256. The number of halogens is 1. The van der Waals surface area contributed by atoms with E-state index in [4.69, 9.17) is 5.73 Å². The lowest BCUT2D eigenvalue weighted by Gasteiger charge is -2.13. The van der Waals surface area contributed by atoms with Gasteiger partial charge in [-0.1, -0.05) is 6.92 Å². The number of benzene rings is 1. The number of ketones is 1. The Morgan fingerprint density at radius 1 is 1.29 bits per heavy atom. The predicted octanol–water partition coefficient (Wildman–Crippen LogP) is 2.18. The SMILES string of the molecule is CC(N)C(C)C(=O)c1ccc([N+](=O)[O-])cc1.Cl. The van der Waals surface area contributed by atoms with Crippen molar-refractivity contribution in [1.82, 2.24) is 0 Å². The largest absolute Gasteiger partial charge is 0.327 e. The van der Waals surface area contributed by atoms with Gasteiger partial charge in [-0.05, 0) is 19.1 Å². The molecular formula is C11H15ClN2O3. The highest BCUT2D eigenvalue weighted by atomic mass is 35.5. The predicted molar refractivity (Wildman–Crippen MR) is 67.5 cm³/mol. The molecule has 0 saturated heterocycles. The van der Waals surface area contributed by atoms with Crippen molar-refractivity contribution in [1.29, 1.82) is 0 Å². The van der Waals surface area contributed by atoms with Crippen molar-refractivity contribution in [3.05, 3.63) is 39.9 Å². The molecule has 2 unspecified atom stereocenters. The van der Waals surface area contributed by atoms with E-state index in [1.54, 1.807) is 13.8 Å². The molecule has 0 aliphatic heterocycles. The summed E-state index contributed by atoms with van der Waals surface area (Å²) in [6.07, 6.45) is 0. The summed E-state index contributed by atoms with van der Waals surface area (Å²) in [4.78, 5) is 21.7. The van der Waals surface area contributed by atoms with Gasteiger partial charge in [0, 0.05) is 29.7 Å². The van der Waals surface area contributed by atoms with Crippen molar-refractivity contribution in [2.45, 2.75) is 19.9 Å². The Hall–Kier alpha value is -1.46. The van der Waals surface area contributed by atoms with Crippen LogP contribution in [0.15, 0.2) is 24.3 Å². The van der Waals surface area contributed by atoms with Gasteiger partial charge < -0.3 is 5.73 Å². The van der Waals surface area contributed by atoms with E-state index in [2.05, 4.69) is 0 Å². The lowest BCUT2D eigenvalue weighted by molar-refractivity contribution is -0.384. The summed E-state index contributed by atoms with van der Waals surface area (Å²) in [6, 6.07) is 5.32. The Labute approximate surface area is 106 Å². The standard InChI is InChI=1S/C11H14N2O3.ClH/c1-7(8(2)12)11(14)9-3-5-10(6-4-9)13(15)16;/h3-8H,12H2,1-2H3;1H. The second-order valence-corrected chi connectivity index (χ2v) is 3.82. The maximum atomic E-state index is 11.8. The van der Waals surface area contributed by atoms with Gasteiger partial charge in [-0.2, -0.15) is 0 Å². The van der Waals surface area contributed by atoms with Gasteiger partial charge in [0.2, 0.25) is 0 Å². The van der Waals surface area contributed by atoms with Gasteiger partial charge >= 0.3 is 0 Å². The molecule has 0 aromatic heterocycles. The Bertz CT molecular complexity index is 404. The highest BCUT2D eigenvalue weighted by Crippen LogP contribution is 2.16. The molecule has 17 heavy (non-hydrogen) atoms. The van der Waals surface area contributed by atoms with Gasteiger partial charge in [0.1, 0.15) is 0 Å². The molecule has 1 rings (SSSR count). The number of Topliss-reactive ketones (excluding diaryl/α,β-unsaturated/α-hetero) is 1. The lowest BCUT2D eigenvalue weighted by atomic mass is 9.94. The van der Waals surface area contributed by atoms with E-state index in [1.807, 2.05) is 0 Å². The summed E-state index contributed by atoms with van der Waals surface area (Å²) in [5.41, 5.74) is 6.05. The number of nitrogens with zero attached hydrogens (tertiary/aromatic N) is 1. The number of hydrogen-bond donors (Lipinski definition) is 1. The molecule has 6 heteroatoms. The van der Waals surface area contributed by atoms with Gasteiger partial charge in [0.05, 0.1) is 4.92 Å². The molecule has 0 aliphatic carbocycles. The molecule has 0 radical (unpaired) electrons. The molecule has 5 nitrogen and oxygen atoms in total. The van der Waals surface area contributed by atoms with Crippen molar-refractivity contribution in [3.8, 4) is 0 Å². The van der Waals surface area contributed by atoms with E-state index in [0.29, 0.717) is 5.56 Å². The quantitative estimate of drug-likeness (QED) is 0.509. The van der Waals surface area contributed by atoms with Crippen LogP contribution in [0.3, 0.4) is 0 Å². The third kappa shape index (κ3) is 3.80. The molecule has 2 atom stereocenters. The third-order valence-corrected chi connectivity index (χ3v) is 2.56. The molecule has 0 amide bonds. The summed E-state index contributed by atoms with van der Waals surface area (Å²) in [5.74, 6) is -0.383. The minimum absolute atomic E-state index is 0. The van der Waals surface area contributed by atoms with Gasteiger partial charge in [-0.25, -0.2) is 0 Å². The van der Waals surface area contributed by atoms with Crippen molar-refractivity contribution < 1.29 is 9.72 Å². The number of carbonyl (C=O) groups is 1. The summed E-state index contributed by atoms with van der Waals surface area (Å²) in [5, 5.41) is 10.4. The second-order valence-electron chi connectivity index (χ2n) is 3.82. The lowest BCUT2D eigenvalue weighted by Crippen LogP contribution is -2.30. The van der Waals surface area contributed by atoms with Crippen LogP contribution in [0.1, 0.15) is 24.2 Å². The number of nitro benzene ring substituents is 1. The first-order chi connectivity index (χ1) is 7.43. The van der Waals surface area contributed by atoms with Crippen LogP contribution < -0.4 is 5.73 Å². The number of nitrogens with two attached hydrogens (primary N) is 1. The topological polar surface area (TPSA) is 86.2 Å². The van der Waals surface area contributed by atoms with Crippen molar-refractivity contribution in [3.63, 3.8) is 0 Å². The molecule has 1 aromatic rings. The average molecular weight is 259 g/mol. The van der Waals surface area contributed by atoms with Gasteiger partial charge in [0.25, 0.3) is 5.69 Å². The van der Waals surface area contributed by atoms with E-state index in [-0.39, 0.29) is 35.8 Å². The second kappa shape index (κ2) is 6.32. The van der Waals surface area contributed by atoms with E-state index in [1.165, 1.54) is 24.3 Å². The van der Waals surface area contributed by atoms with E-state index in [0.717, 1.165) is 0 Å². The van der Waals surface area contributed by atoms with Crippen LogP contribution >= 0.6 is 12.4 Å². The fraction of sp³-hybridized carbons (Fsp3) is 0.364. The minimum atomic E-state index is -0.497. The zero-order valence-electron chi connectivity index (χ0n) is 9.62. The number of carbonyl (C=O) groups excluding carboxylic acids is 1.